The van der Waals surface area contributed by atoms with Crippen LogP contribution in [0.1, 0.15) is 46.9 Å². The second-order valence-corrected chi connectivity index (χ2v) is 10.5. The van der Waals surface area contributed by atoms with E-state index in [1.165, 1.54) is 5.57 Å². The third-order valence-electron chi connectivity index (χ3n) is 7.63. The summed E-state index contributed by atoms with van der Waals surface area (Å²) < 4.78 is 5.32. The number of likely N-dealkylation sites (N-methyl/N-ethyl adjacent to an activating group) is 1. The summed E-state index contributed by atoms with van der Waals surface area (Å²) in [6.07, 6.45) is 4.97. The van der Waals surface area contributed by atoms with E-state index in [2.05, 4.69) is 47.3 Å². The van der Waals surface area contributed by atoms with Gasteiger partial charge in [-0.05, 0) is 79.7 Å². The molecule has 2 aromatic carbocycles. The standard InChI is InChI=1S/C31H38N4O2/c1-22-19-24(21-23-9-11-25(37-3)12-10-23)30-27(20-22)29(26-7-4-5-8-28(26)33-30)31(36)32-13-6-14-35-17-15-34(2)16-18-35/h4-5,7-12,21-22H,6,13-20H2,1-3H3,(H,32,36)/b24-21+. The number of hydrogen-bond acceptors (Lipinski definition) is 5. The SMILES string of the molecule is COc1ccc(/C=C2\CC(C)Cc3c2nc2ccccc2c3C(=O)NCCCN2CCN(C)CC2)cc1. The summed E-state index contributed by atoms with van der Waals surface area (Å²) in [6.45, 7) is 8.41. The molecular weight excluding hydrogens is 460 g/mol. The molecule has 2 heterocycles. The van der Waals surface area contributed by atoms with Crippen LogP contribution in [0.2, 0.25) is 0 Å². The predicted octanol–water partition coefficient (Wildman–Crippen LogP) is 4.73. The van der Waals surface area contributed by atoms with Crippen molar-refractivity contribution in [2.24, 2.45) is 5.92 Å². The summed E-state index contributed by atoms with van der Waals surface area (Å²) in [5.74, 6) is 1.30. The molecule has 2 aliphatic rings. The highest BCUT2D eigenvalue weighted by Gasteiger charge is 2.28. The van der Waals surface area contributed by atoms with E-state index >= 15 is 0 Å². The molecule has 5 rings (SSSR count). The minimum absolute atomic E-state index is 0.0196. The molecule has 194 valence electrons. The fourth-order valence-corrected chi connectivity index (χ4v) is 5.56. The number of rotatable bonds is 7. The molecule has 1 aliphatic heterocycles. The Kier molecular flexibility index (Phi) is 7.87. The summed E-state index contributed by atoms with van der Waals surface area (Å²) >= 11 is 0. The zero-order valence-electron chi connectivity index (χ0n) is 22.3. The number of carbonyl (C=O) groups excluding carboxylic acids is 1. The first-order chi connectivity index (χ1) is 18.0. The first-order valence-electron chi connectivity index (χ1n) is 13.5. The van der Waals surface area contributed by atoms with E-state index in [0.29, 0.717) is 12.5 Å². The molecule has 1 N–H and O–H groups in total. The molecule has 1 aliphatic carbocycles. The number of hydrogen-bond donors (Lipinski definition) is 1. The lowest BCUT2D eigenvalue weighted by Crippen LogP contribution is -2.45. The van der Waals surface area contributed by atoms with Crippen molar-refractivity contribution in [3.8, 4) is 5.75 Å². The summed E-state index contributed by atoms with van der Waals surface area (Å²) in [6, 6.07) is 16.2. The zero-order valence-corrected chi connectivity index (χ0v) is 22.3. The van der Waals surface area contributed by atoms with Crippen LogP contribution in [0, 0.1) is 5.92 Å². The Bertz CT molecular complexity index is 1280. The third-order valence-corrected chi connectivity index (χ3v) is 7.63. The van der Waals surface area contributed by atoms with Crippen molar-refractivity contribution in [2.75, 3.05) is 53.4 Å². The predicted molar refractivity (Wildman–Crippen MR) is 151 cm³/mol. The lowest BCUT2D eigenvalue weighted by Gasteiger charge is -2.32. The van der Waals surface area contributed by atoms with Crippen LogP contribution in [-0.4, -0.2) is 74.1 Å². The van der Waals surface area contributed by atoms with Crippen LogP contribution in [-0.2, 0) is 6.42 Å². The Hall–Kier alpha value is -3.22. The molecule has 1 atom stereocenters. The fraction of sp³-hybridized carbons (Fsp3) is 0.419. The topological polar surface area (TPSA) is 57.7 Å². The molecule has 1 saturated heterocycles. The number of para-hydroxylation sites is 1. The lowest BCUT2D eigenvalue weighted by molar-refractivity contribution is 0.0950. The Morgan fingerprint density at radius 1 is 1.08 bits per heavy atom. The molecule has 6 nitrogen and oxygen atoms in total. The molecule has 3 aromatic rings. The molecule has 1 unspecified atom stereocenters. The van der Waals surface area contributed by atoms with Gasteiger partial charge < -0.3 is 19.9 Å². The molecule has 1 amide bonds. The third kappa shape index (κ3) is 5.86. The van der Waals surface area contributed by atoms with E-state index in [9.17, 15) is 4.79 Å². The van der Waals surface area contributed by atoms with Gasteiger partial charge in [0.05, 0.1) is 23.9 Å². The van der Waals surface area contributed by atoms with Gasteiger partial charge in [0.25, 0.3) is 5.91 Å². The van der Waals surface area contributed by atoms with Crippen molar-refractivity contribution in [2.45, 2.75) is 26.2 Å². The van der Waals surface area contributed by atoms with Crippen LogP contribution >= 0.6 is 0 Å². The van der Waals surface area contributed by atoms with Crippen molar-refractivity contribution < 1.29 is 9.53 Å². The largest absolute Gasteiger partial charge is 0.497 e. The highest BCUT2D eigenvalue weighted by Crippen LogP contribution is 2.38. The van der Waals surface area contributed by atoms with Gasteiger partial charge in [0.1, 0.15) is 5.75 Å². The van der Waals surface area contributed by atoms with E-state index in [-0.39, 0.29) is 5.91 Å². The average molecular weight is 499 g/mol. The molecule has 0 saturated carbocycles. The van der Waals surface area contributed by atoms with Gasteiger partial charge in [0.15, 0.2) is 0 Å². The Balaban J connectivity index is 1.41. The number of nitrogens with one attached hydrogen (secondary N) is 1. The number of carbonyl (C=O) groups is 1. The second kappa shape index (κ2) is 11.4. The number of benzene rings is 2. The van der Waals surface area contributed by atoms with Crippen molar-refractivity contribution >= 4 is 28.5 Å². The molecule has 0 spiro atoms. The van der Waals surface area contributed by atoms with E-state index in [0.717, 1.165) is 91.0 Å². The number of amides is 1. The molecule has 1 fully saturated rings. The van der Waals surface area contributed by atoms with E-state index < -0.39 is 0 Å². The fourth-order valence-electron chi connectivity index (χ4n) is 5.56. The minimum Gasteiger partial charge on any atom is -0.497 e. The number of piperazine rings is 1. The summed E-state index contributed by atoms with van der Waals surface area (Å²) in [7, 11) is 3.86. The first kappa shape index (κ1) is 25.4. The highest BCUT2D eigenvalue weighted by atomic mass is 16.5. The number of methoxy groups -OCH3 is 1. The number of pyridine rings is 1. The maximum absolute atomic E-state index is 13.7. The number of allylic oxidation sites excluding steroid dienone is 1. The van der Waals surface area contributed by atoms with Gasteiger partial charge in [-0.25, -0.2) is 4.98 Å². The molecule has 37 heavy (non-hydrogen) atoms. The van der Waals surface area contributed by atoms with Crippen molar-refractivity contribution in [3.63, 3.8) is 0 Å². The number of ether oxygens (including phenoxy) is 1. The highest BCUT2D eigenvalue weighted by molar-refractivity contribution is 6.09. The lowest BCUT2D eigenvalue weighted by atomic mass is 9.80. The number of aromatic nitrogens is 1. The summed E-state index contributed by atoms with van der Waals surface area (Å²) in [4.78, 5) is 23.6. The molecule has 6 heteroatoms. The summed E-state index contributed by atoms with van der Waals surface area (Å²) in [5.41, 5.74) is 6.02. The van der Waals surface area contributed by atoms with Crippen LogP contribution in [0.25, 0.3) is 22.6 Å². The Morgan fingerprint density at radius 2 is 1.84 bits per heavy atom. The van der Waals surface area contributed by atoms with Gasteiger partial charge in [0, 0.05) is 38.1 Å². The van der Waals surface area contributed by atoms with Crippen molar-refractivity contribution in [3.05, 3.63) is 70.9 Å². The monoisotopic (exact) mass is 498 g/mol. The van der Waals surface area contributed by atoms with Gasteiger partial charge in [-0.1, -0.05) is 37.3 Å². The summed E-state index contributed by atoms with van der Waals surface area (Å²) in [5, 5.41) is 4.18. The average Bonchev–Trinajstić information content (AvgIpc) is 2.91. The maximum Gasteiger partial charge on any atom is 0.252 e. The quantitative estimate of drug-likeness (QED) is 0.477. The molecular formula is C31H38N4O2. The zero-order chi connectivity index (χ0) is 25.8. The van der Waals surface area contributed by atoms with Crippen LogP contribution in [0.3, 0.4) is 0 Å². The van der Waals surface area contributed by atoms with Gasteiger partial charge >= 0.3 is 0 Å². The Labute approximate surface area is 220 Å². The van der Waals surface area contributed by atoms with Crippen molar-refractivity contribution in [1.82, 2.24) is 20.1 Å². The number of fused-ring (bicyclic) bond motifs is 2. The van der Waals surface area contributed by atoms with Crippen LogP contribution < -0.4 is 10.1 Å². The first-order valence-corrected chi connectivity index (χ1v) is 13.5. The van der Waals surface area contributed by atoms with Crippen molar-refractivity contribution in [1.29, 1.82) is 0 Å². The molecule has 0 bridgehead atoms. The van der Waals surface area contributed by atoms with Crippen LogP contribution in [0.15, 0.2) is 48.5 Å². The van der Waals surface area contributed by atoms with E-state index in [1.54, 1.807) is 7.11 Å². The van der Waals surface area contributed by atoms with Gasteiger partial charge in [-0.15, -0.1) is 0 Å². The molecule has 1 aromatic heterocycles. The normalized spacial score (nSPS) is 19.6. The van der Waals surface area contributed by atoms with E-state index in [1.807, 2.05) is 36.4 Å². The minimum atomic E-state index is 0.0196. The van der Waals surface area contributed by atoms with Crippen LogP contribution in [0.5, 0.6) is 5.75 Å². The molecule has 0 radical (unpaired) electrons. The van der Waals surface area contributed by atoms with E-state index in [4.69, 9.17) is 9.72 Å². The van der Waals surface area contributed by atoms with Gasteiger partial charge in [0.2, 0.25) is 0 Å². The van der Waals surface area contributed by atoms with Gasteiger partial charge in [-0.2, -0.15) is 0 Å². The Morgan fingerprint density at radius 3 is 2.59 bits per heavy atom. The number of nitrogens with zero attached hydrogens (tertiary/aromatic N) is 3. The maximum atomic E-state index is 13.7. The second-order valence-electron chi connectivity index (χ2n) is 10.5. The smallest absolute Gasteiger partial charge is 0.252 e. The van der Waals surface area contributed by atoms with Gasteiger partial charge in [-0.3, -0.25) is 4.79 Å². The van der Waals surface area contributed by atoms with Crippen LogP contribution in [0.4, 0.5) is 0 Å².